The van der Waals surface area contributed by atoms with Gasteiger partial charge in [0.05, 0.1) is 70.5 Å². The lowest BCUT2D eigenvalue weighted by molar-refractivity contribution is -0.00391. The molecule has 1 saturated carbocycles. The Labute approximate surface area is 337 Å². The molecule has 56 heavy (non-hydrogen) atoms. The highest BCUT2D eigenvalue weighted by atomic mass is 35.5. The Hall–Kier alpha value is -2.44. The molecule has 0 radical (unpaired) electrons. The topological polar surface area (TPSA) is 155 Å². The van der Waals surface area contributed by atoms with Crippen LogP contribution in [0.15, 0.2) is 30.5 Å². The van der Waals surface area contributed by atoms with Crippen LogP contribution in [0.4, 0.5) is 11.5 Å². The van der Waals surface area contributed by atoms with Crippen LogP contribution in [-0.4, -0.2) is 146 Å². The van der Waals surface area contributed by atoms with Gasteiger partial charge >= 0.3 is 0 Å². The van der Waals surface area contributed by atoms with Gasteiger partial charge in [0.25, 0.3) is 0 Å². The number of rotatable bonds is 21. The van der Waals surface area contributed by atoms with E-state index >= 15 is 0 Å². The molecule has 3 saturated heterocycles. The highest BCUT2D eigenvalue weighted by Crippen LogP contribution is 2.57. The van der Waals surface area contributed by atoms with Crippen molar-refractivity contribution in [2.75, 3.05) is 115 Å². The van der Waals surface area contributed by atoms with E-state index in [1.54, 1.807) is 10.9 Å². The van der Waals surface area contributed by atoms with Gasteiger partial charge < -0.3 is 52.5 Å². The van der Waals surface area contributed by atoms with Crippen LogP contribution in [0, 0.1) is 18.3 Å². The average Bonchev–Trinajstić information content (AvgIpc) is 3.74. The smallest absolute Gasteiger partial charge is 0.226 e. The number of hydrogen-bond donors (Lipinski definition) is 2. The minimum Gasteiger partial charge on any atom is -0.491 e. The number of terminal acetylenes is 1. The fraction of sp³-hybridized carbons (Fsp3) is 0.658. The average molecular weight is 837 g/mol. The van der Waals surface area contributed by atoms with E-state index in [4.69, 9.17) is 51.0 Å². The molecule has 0 bridgehead atoms. The molecule has 5 heterocycles. The van der Waals surface area contributed by atoms with E-state index in [1.807, 2.05) is 12.1 Å². The van der Waals surface area contributed by atoms with Crippen molar-refractivity contribution in [3.05, 3.63) is 35.7 Å². The molecular formula is C38H55ClN6O9P2. The standard InChI is InChI=1S/C32H44ClN6O8P.C6H11OP/c1-2-14-42-15-16-43-17-18-44-19-20-45-21-22-46-26-5-3-25(4-6-26)37-10-12-38(13-11-37)30-28-24-34-39(31(28)36-32(33)35-30)29-8-7-27(47-29)9-23-48(40)41;1-8-6(4-7-8)5-2-3-5/h1,3-6,24,27,29,40-41H,7-23H2;5-6H,2-4H2,1H3. The zero-order chi connectivity index (χ0) is 39.1. The van der Waals surface area contributed by atoms with E-state index in [0.717, 1.165) is 79.8 Å². The number of piperazine rings is 1. The van der Waals surface area contributed by atoms with Crippen LogP contribution in [0.5, 0.6) is 5.75 Å². The first-order chi connectivity index (χ1) is 27.4. The fourth-order valence-electron chi connectivity index (χ4n) is 6.84. The van der Waals surface area contributed by atoms with E-state index in [1.165, 1.54) is 12.8 Å². The molecule has 1 aromatic carbocycles. The fourth-order valence-corrected chi connectivity index (χ4v) is 9.03. The monoisotopic (exact) mass is 836 g/mol. The lowest BCUT2D eigenvalue weighted by atomic mass is 10.2. The van der Waals surface area contributed by atoms with Gasteiger partial charge in [-0.3, -0.25) is 0 Å². The second kappa shape index (κ2) is 22.6. The Morgan fingerprint density at radius 1 is 0.893 bits per heavy atom. The van der Waals surface area contributed by atoms with Crippen molar-refractivity contribution in [3.63, 3.8) is 0 Å². The summed E-state index contributed by atoms with van der Waals surface area (Å²) in [5, 5.41) is 5.59. The summed E-state index contributed by atoms with van der Waals surface area (Å²) in [6, 6.07) is 8.11. The Bertz CT molecular complexity index is 1660. The van der Waals surface area contributed by atoms with Gasteiger partial charge in [-0.05, 0) is 80.6 Å². The summed E-state index contributed by atoms with van der Waals surface area (Å²) in [5.74, 6) is 5.05. The second-order valence-electron chi connectivity index (χ2n) is 14.0. The maximum Gasteiger partial charge on any atom is 0.226 e. The maximum atomic E-state index is 9.26. The first kappa shape index (κ1) is 43.1. The third-order valence-corrected chi connectivity index (χ3v) is 13.0. The van der Waals surface area contributed by atoms with Gasteiger partial charge in [-0.25, -0.2) is 4.68 Å². The lowest BCUT2D eigenvalue weighted by Crippen LogP contribution is -2.47. The molecule has 4 fully saturated rings. The van der Waals surface area contributed by atoms with E-state index < -0.39 is 8.38 Å². The van der Waals surface area contributed by atoms with Crippen molar-refractivity contribution < 1.29 is 42.7 Å². The van der Waals surface area contributed by atoms with Crippen LogP contribution >= 0.6 is 28.1 Å². The van der Waals surface area contributed by atoms with Gasteiger partial charge in [-0.2, -0.15) is 15.1 Å². The molecule has 2 aromatic heterocycles. The number of fused-ring (bicyclic) bond motifs is 1. The quantitative estimate of drug-likeness (QED) is 0.0635. The van der Waals surface area contributed by atoms with Crippen LogP contribution in [-0.2, 0) is 28.2 Å². The number of halogens is 1. The predicted octanol–water partition coefficient (Wildman–Crippen LogP) is 5.07. The number of hydrogen-bond acceptors (Lipinski definition) is 14. The van der Waals surface area contributed by atoms with Crippen molar-refractivity contribution in [2.24, 2.45) is 5.92 Å². The van der Waals surface area contributed by atoms with Crippen LogP contribution in [0.2, 0.25) is 5.28 Å². The molecule has 4 unspecified atom stereocenters. The van der Waals surface area contributed by atoms with E-state index in [-0.39, 0.29) is 25.8 Å². The van der Waals surface area contributed by atoms with Gasteiger partial charge in [-0.15, -0.1) is 6.42 Å². The lowest BCUT2D eigenvalue weighted by Gasteiger charge is -2.37. The molecule has 2 N–H and O–H groups in total. The third kappa shape index (κ3) is 13.0. The summed E-state index contributed by atoms with van der Waals surface area (Å²) in [7, 11) is -1.88. The first-order valence-corrected chi connectivity index (χ1v) is 23.0. The molecule has 18 heteroatoms. The molecule has 0 amide bonds. The van der Waals surface area contributed by atoms with Gasteiger partial charge in [0.2, 0.25) is 5.28 Å². The summed E-state index contributed by atoms with van der Waals surface area (Å²) in [6.45, 7) is 10.7. The summed E-state index contributed by atoms with van der Waals surface area (Å²) < 4.78 is 40.7. The normalized spacial score (nSPS) is 22.2. The Morgan fingerprint density at radius 3 is 2.14 bits per heavy atom. The largest absolute Gasteiger partial charge is 0.491 e. The Morgan fingerprint density at radius 2 is 1.55 bits per heavy atom. The number of ether oxygens (including phenoxy) is 6. The number of anilines is 2. The SMILES string of the molecule is C#CCOCCOCCOCCOCCOc1ccc(N2CCN(c3nc(Cl)nc4c3cnn4C3CCC(CCP(O)O)O3)CC2)cc1.CP1OCC1C1CC1. The molecule has 15 nitrogen and oxygen atoms in total. The third-order valence-electron chi connectivity index (χ3n) is 10.1. The molecule has 1 aliphatic carbocycles. The molecule has 4 aliphatic rings. The van der Waals surface area contributed by atoms with Gasteiger partial charge in [0.15, 0.2) is 20.3 Å². The number of aromatic nitrogens is 4. The highest BCUT2D eigenvalue weighted by molar-refractivity contribution is 7.53. The number of benzene rings is 1. The Balaban J connectivity index is 0.000000583. The Kier molecular flexibility index (Phi) is 17.4. The highest BCUT2D eigenvalue weighted by Gasteiger charge is 2.41. The summed E-state index contributed by atoms with van der Waals surface area (Å²) in [4.78, 5) is 32.2. The summed E-state index contributed by atoms with van der Waals surface area (Å²) in [5.41, 5.74) is 2.77. The van der Waals surface area contributed by atoms with Crippen molar-refractivity contribution in [3.8, 4) is 18.1 Å². The molecule has 4 atom stereocenters. The first-order valence-electron chi connectivity index (χ1n) is 19.4. The zero-order valence-electron chi connectivity index (χ0n) is 32.1. The van der Waals surface area contributed by atoms with Crippen LogP contribution in [0.25, 0.3) is 11.0 Å². The van der Waals surface area contributed by atoms with Crippen molar-refractivity contribution in [1.29, 1.82) is 0 Å². The molecule has 308 valence electrons. The molecular weight excluding hydrogens is 782 g/mol. The zero-order valence-corrected chi connectivity index (χ0v) is 34.7. The van der Waals surface area contributed by atoms with E-state index in [2.05, 4.69) is 49.6 Å². The maximum absolute atomic E-state index is 9.26. The van der Waals surface area contributed by atoms with Gasteiger partial charge in [0.1, 0.15) is 24.8 Å². The number of nitrogens with zero attached hydrogens (tertiary/aromatic N) is 6. The summed E-state index contributed by atoms with van der Waals surface area (Å²) in [6.07, 6.45) is 12.1. The minimum absolute atomic E-state index is 0.0389. The van der Waals surface area contributed by atoms with Crippen molar-refractivity contribution in [1.82, 2.24) is 19.7 Å². The van der Waals surface area contributed by atoms with Gasteiger partial charge in [0, 0.05) is 51.8 Å². The van der Waals surface area contributed by atoms with Crippen LogP contribution in [0.3, 0.4) is 0 Å². The van der Waals surface area contributed by atoms with Crippen LogP contribution in [0.1, 0.15) is 38.3 Å². The van der Waals surface area contributed by atoms with Crippen molar-refractivity contribution >= 4 is 50.7 Å². The minimum atomic E-state index is -1.92. The van der Waals surface area contributed by atoms with E-state index in [9.17, 15) is 9.79 Å². The second-order valence-corrected chi connectivity index (χ2v) is 17.5. The molecule has 3 aromatic rings. The van der Waals surface area contributed by atoms with Crippen LogP contribution < -0.4 is 14.5 Å². The van der Waals surface area contributed by atoms with E-state index in [0.29, 0.717) is 77.7 Å². The predicted molar refractivity (Wildman–Crippen MR) is 218 cm³/mol. The molecule has 3 aliphatic heterocycles. The van der Waals surface area contributed by atoms with Crippen molar-refractivity contribution in [2.45, 2.75) is 50.1 Å². The molecule has 7 rings (SSSR count). The van der Waals surface area contributed by atoms with Gasteiger partial charge in [-0.1, -0.05) is 5.92 Å². The summed E-state index contributed by atoms with van der Waals surface area (Å²) >= 11 is 6.40. The molecule has 0 spiro atoms.